The number of nitrogens with zero attached hydrogens (tertiary/aromatic N) is 5. The third kappa shape index (κ3) is 3.55. The Bertz CT molecular complexity index is 541. The summed E-state index contributed by atoms with van der Waals surface area (Å²) in [5.41, 5.74) is 0. The summed E-state index contributed by atoms with van der Waals surface area (Å²) in [7, 11) is 3.33. The van der Waals surface area contributed by atoms with E-state index in [2.05, 4.69) is 32.3 Å². The van der Waals surface area contributed by atoms with E-state index in [-0.39, 0.29) is 17.8 Å². The van der Waals surface area contributed by atoms with Gasteiger partial charge in [0.05, 0.1) is 13.0 Å². The van der Waals surface area contributed by atoms with E-state index in [1.165, 1.54) is 7.11 Å². The highest BCUT2D eigenvalue weighted by Gasteiger charge is 2.36. The first-order valence-electron chi connectivity index (χ1n) is 7.50. The molecule has 1 aromatic heterocycles. The molecule has 1 aromatic rings. The van der Waals surface area contributed by atoms with Crippen molar-refractivity contribution in [1.29, 1.82) is 0 Å². The van der Waals surface area contributed by atoms with Crippen molar-refractivity contribution in [2.24, 2.45) is 23.9 Å². The molecule has 8 heteroatoms. The second-order valence-electron chi connectivity index (χ2n) is 5.54. The number of ether oxygens (including phenoxy) is 1. The zero-order valence-electron chi connectivity index (χ0n) is 13.6. The number of esters is 1. The van der Waals surface area contributed by atoms with E-state index in [0.29, 0.717) is 13.1 Å². The average molecular weight is 308 g/mol. The number of hydrogen-bond acceptors (Lipinski definition) is 5. The van der Waals surface area contributed by atoms with E-state index in [4.69, 9.17) is 4.74 Å². The van der Waals surface area contributed by atoms with Gasteiger partial charge in [-0.15, -0.1) is 10.2 Å². The maximum atomic E-state index is 11.8. The molecular formula is C14H24N6O2. The molecule has 1 fully saturated rings. The number of rotatable bonds is 4. The maximum Gasteiger partial charge on any atom is 0.310 e. The number of carbonyl (C=O) groups is 1. The van der Waals surface area contributed by atoms with Gasteiger partial charge in [0.25, 0.3) is 0 Å². The molecule has 8 nitrogen and oxygen atoms in total. The van der Waals surface area contributed by atoms with Gasteiger partial charge in [0, 0.05) is 26.7 Å². The number of guanidine groups is 1. The van der Waals surface area contributed by atoms with Crippen LogP contribution in [0.5, 0.6) is 0 Å². The summed E-state index contributed by atoms with van der Waals surface area (Å²) in [6.07, 6.45) is 1.66. The summed E-state index contributed by atoms with van der Waals surface area (Å²) < 4.78 is 6.72. The molecule has 2 atom stereocenters. The molecule has 2 heterocycles. The third-order valence-electron chi connectivity index (χ3n) is 3.93. The van der Waals surface area contributed by atoms with Gasteiger partial charge in [0.15, 0.2) is 11.8 Å². The number of nitrogens with one attached hydrogen (secondary N) is 1. The van der Waals surface area contributed by atoms with Crippen molar-refractivity contribution in [3.63, 3.8) is 0 Å². The van der Waals surface area contributed by atoms with Crippen LogP contribution in [0.2, 0.25) is 0 Å². The summed E-state index contributed by atoms with van der Waals surface area (Å²) in [5.74, 6) is 1.57. The van der Waals surface area contributed by atoms with Gasteiger partial charge in [-0.2, -0.15) is 0 Å². The lowest BCUT2D eigenvalue weighted by molar-refractivity contribution is -0.145. The molecule has 2 rings (SSSR count). The number of hydrogen-bond donors (Lipinski definition) is 1. The van der Waals surface area contributed by atoms with Crippen molar-refractivity contribution >= 4 is 11.9 Å². The van der Waals surface area contributed by atoms with E-state index < -0.39 is 0 Å². The van der Waals surface area contributed by atoms with Crippen LogP contribution >= 0.6 is 0 Å². The monoisotopic (exact) mass is 308 g/mol. The lowest BCUT2D eigenvalue weighted by Gasteiger charge is -2.21. The van der Waals surface area contributed by atoms with Crippen molar-refractivity contribution in [3.05, 3.63) is 12.2 Å². The van der Waals surface area contributed by atoms with E-state index >= 15 is 0 Å². The Hall–Kier alpha value is -2.12. The van der Waals surface area contributed by atoms with Crippen molar-refractivity contribution in [2.75, 3.05) is 26.7 Å². The number of methoxy groups -OCH3 is 1. The highest BCUT2D eigenvalue weighted by Crippen LogP contribution is 2.24. The molecule has 0 bridgehead atoms. The van der Waals surface area contributed by atoms with E-state index in [9.17, 15) is 4.79 Å². The topological polar surface area (TPSA) is 84.6 Å². The fraction of sp³-hybridized carbons (Fsp3) is 0.714. The minimum atomic E-state index is -0.154. The SMILES string of the molecule is CCNC(=NCc1nncn1C)N1CC(C)C(C(=O)OC)C1. The standard InChI is InChI=1S/C14H24N6O2/c1-5-15-14(16-6-12-18-17-9-19(12)3)20-7-10(2)11(8-20)13(21)22-4/h9-11H,5-8H2,1-4H3,(H,15,16). The average Bonchev–Trinajstić information content (AvgIpc) is 3.09. The molecule has 1 aliphatic rings. The van der Waals surface area contributed by atoms with Gasteiger partial charge >= 0.3 is 5.97 Å². The Morgan fingerprint density at radius 2 is 2.32 bits per heavy atom. The van der Waals surface area contributed by atoms with Crippen LogP contribution in [0.4, 0.5) is 0 Å². The van der Waals surface area contributed by atoms with Crippen molar-refractivity contribution < 1.29 is 9.53 Å². The lowest BCUT2D eigenvalue weighted by Crippen LogP contribution is -2.40. The Morgan fingerprint density at radius 1 is 1.55 bits per heavy atom. The van der Waals surface area contributed by atoms with Gasteiger partial charge in [-0.3, -0.25) is 4.79 Å². The number of carbonyl (C=O) groups excluding carboxylic acids is 1. The molecule has 2 unspecified atom stereocenters. The molecule has 0 aliphatic carbocycles. The van der Waals surface area contributed by atoms with Gasteiger partial charge in [-0.05, 0) is 12.8 Å². The van der Waals surface area contributed by atoms with Gasteiger partial charge in [-0.1, -0.05) is 6.92 Å². The molecule has 1 aliphatic heterocycles. The van der Waals surface area contributed by atoms with Crippen LogP contribution in [0.3, 0.4) is 0 Å². The predicted octanol–water partition coefficient (Wildman–Crippen LogP) is 0.0215. The van der Waals surface area contributed by atoms with Gasteiger partial charge in [0.2, 0.25) is 0 Å². The molecule has 22 heavy (non-hydrogen) atoms. The van der Waals surface area contributed by atoms with Crippen LogP contribution in [0.25, 0.3) is 0 Å². The fourth-order valence-corrected chi connectivity index (χ4v) is 2.62. The molecule has 1 N–H and O–H groups in total. The first-order chi connectivity index (χ1) is 10.6. The second kappa shape index (κ2) is 7.24. The Balaban J connectivity index is 2.08. The van der Waals surface area contributed by atoms with E-state index in [0.717, 1.165) is 24.9 Å². The van der Waals surface area contributed by atoms with Gasteiger partial charge in [0.1, 0.15) is 12.9 Å². The number of aromatic nitrogens is 3. The Labute approximate surface area is 130 Å². The van der Waals surface area contributed by atoms with Crippen molar-refractivity contribution in [3.8, 4) is 0 Å². The number of aryl methyl sites for hydroxylation is 1. The van der Waals surface area contributed by atoms with Crippen LogP contribution in [0.1, 0.15) is 19.7 Å². The Kier molecular flexibility index (Phi) is 5.35. The fourth-order valence-electron chi connectivity index (χ4n) is 2.62. The van der Waals surface area contributed by atoms with Crippen molar-refractivity contribution in [1.82, 2.24) is 25.0 Å². The lowest BCUT2D eigenvalue weighted by atomic mass is 9.99. The normalized spacial score (nSPS) is 22.0. The first-order valence-corrected chi connectivity index (χ1v) is 7.50. The molecule has 0 saturated carbocycles. The number of aliphatic imine (C=N–C) groups is 1. The molecule has 0 spiro atoms. The van der Waals surface area contributed by atoms with Crippen LogP contribution < -0.4 is 5.32 Å². The zero-order chi connectivity index (χ0) is 16.1. The maximum absolute atomic E-state index is 11.8. The smallest absolute Gasteiger partial charge is 0.310 e. The summed E-state index contributed by atoms with van der Waals surface area (Å²) in [4.78, 5) is 18.5. The van der Waals surface area contributed by atoms with Gasteiger partial charge in [-0.25, -0.2) is 4.99 Å². The highest BCUT2D eigenvalue weighted by molar-refractivity contribution is 5.82. The van der Waals surface area contributed by atoms with Crippen LogP contribution in [-0.4, -0.2) is 58.3 Å². The molecule has 122 valence electrons. The summed E-state index contributed by atoms with van der Waals surface area (Å²) in [5, 5.41) is 11.2. The highest BCUT2D eigenvalue weighted by atomic mass is 16.5. The zero-order valence-corrected chi connectivity index (χ0v) is 13.6. The van der Waals surface area contributed by atoms with Crippen LogP contribution in [0.15, 0.2) is 11.3 Å². The largest absolute Gasteiger partial charge is 0.469 e. The predicted molar refractivity (Wildman–Crippen MR) is 82.1 cm³/mol. The number of likely N-dealkylation sites (tertiary alicyclic amines) is 1. The third-order valence-corrected chi connectivity index (χ3v) is 3.93. The summed E-state index contributed by atoms with van der Waals surface area (Å²) in [6, 6.07) is 0. The van der Waals surface area contributed by atoms with Crippen molar-refractivity contribution in [2.45, 2.75) is 20.4 Å². The van der Waals surface area contributed by atoms with Gasteiger partial charge < -0.3 is 19.5 Å². The minimum absolute atomic E-state index is 0.108. The Morgan fingerprint density at radius 3 is 2.91 bits per heavy atom. The molecule has 0 aromatic carbocycles. The van der Waals surface area contributed by atoms with E-state index in [1.807, 2.05) is 18.5 Å². The quantitative estimate of drug-likeness (QED) is 0.479. The van der Waals surface area contributed by atoms with Crippen LogP contribution in [-0.2, 0) is 23.1 Å². The summed E-state index contributed by atoms with van der Waals surface area (Å²) in [6.45, 7) is 6.71. The molecule has 1 saturated heterocycles. The van der Waals surface area contributed by atoms with E-state index in [1.54, 1.807) is 6.33 Å². The summed E-state index contributed by atoms with van der Waals surface area (Å²) >= 11 is 0. The molecular weight excluding hydrogens is 284 g/mol. The second-order valence-corrected chi connectivity index (χ2v) is 5.54. The van der Waals surface area contributed by atoms with Crippen LogP contribution in [0, 0.1) is 11.8 Å². The first kappa shape index (κ1) is 16.3. The minimum Gasteiger partial charge on any atom is -0.469 e. The molecule has 0 radical (unpaired) electrons. The molecule has 0 amide bonds.